The molecule has 1 N–H and O–H groups in total. The fraction of sp³-hybridized carbons (Fsp3) is 0.429. The molecule has 0 amide bonds. The minimum atomic E-state index is -3.56. The summed E-state index contributed by atoms with van der Waals surface area (Å²) in [6.45, 7) is 5.76. The van der Waals surface area contributed by atoms with Gasteiger partial charge in [-0.25, -0.2) is 0 Å². The Labute approximate surface area is 117 Å². The van der Waals surface area contributed by atoms with E-state index in [0.29, 0.717) is 0 Å². The molecule has 0 saturated heterocycles. The van der Waals surface area contributed by atoms with Crippen molar-refractivity contribution < 1.29 is 14.0 Å². The van der Waals surface area contributed by atoms with E-state index in [9.17, 15) is 9.46 Å². The standard InChI is InChI=1S/C14H19O3PS/c1-4-10(2)17-18(15,16)9-14-11(3)12-7-5-6-8-13(12)19-14/h5-8,10H,4,9H2,1-3H3,(H,15,16). The summed E-state index contributed by atoms with van der Waals surface area (Å²) in [5, 5.41) is 1.16. The Balaban J connectivity index is 2.26. The van der Waals surface area contributed by atoms with Crippen LogP contribution in [0.2, 0.25) is 0 Å². The van der Waals surface area contributed by atoms with Gasteiger partial charge in [0, 0.05) is 9.58 Å². The Morgan fingerprint density at radius 2 is 2.11 bits per heavy atom. The maximum atomic E-state index is 12.1. The van der Waals surface area contributed by atoms with Gasteiger partial charge in [-0.05, 0) is 37.3 Å². The van der Waals surface area contributed by atoms with E-state index in [1.807, 2.05) is 45.0 Å². The van der Waals surface area contributed by atoms with Crippen LogP contribution in [0, 0.1) is 6.92 Å². The van der Waals surface area contributed by atoms with Gasteiger partial charge in [0.15, 0.2) is 0 Å². The van der Waals surface area contributed by atoms with Crippen LogP contribution in [0.1, 0.15) is 30.7 Å². The zero-order chi connectivity index (χ0) is 14.0. The molecule has 0 radical (unpaired) electrons. The van der Waals surface area contributed by atoms with Gasteiger partial charge in [-0.2, -0.15) is 0 Å². The molecular weight excluding hydrogens is 279 g/mol. The van der Waals surface area contributed by atoms with Crippen LogP contribution in [0.3, 0.4) is 0 Å². The van der Waals surface area contributed by atoms with Gasteiger partial charge in [-0.15, -0.1) is 11.3 Å². The third-order valence-corrected chi connectivity index (χ3v) is 6.10. The topological polar surface area (TPSA) is 46.5 Å². The molecule has 1 heterocycles. The second kappa shape index (κ2) is 5.76. The molecule has 0 saturated carbocycles. The van der Waals surface area contributed by atoms with Crippen molar-refractivity contribution >= 4 is 29.0 Å². The van der Waals surface area contributed by atoms with Gasteiger partial charge in [-0.1, -0.05) is 25.1 Å². The van der Waals surface area contributed by atoms with Gasteiger partial charge in [0.25, 0.3) is 0 Å². The zero-order valence-corrected chi connectivity index (χ0v) is 13.1. The summed E-state index contributed by atoms with van der Waals surface area (Å²) < 4.78 is 18.5. The molecule has 0 fully saturated rings. The first-order valence-electron chi connectivity index (χ1n) is 6.40. The van der Waals surface area contributed by atoms with Crippen LogP contribution in [-0.2, 0) is 15.3 Å². The number of rotatable bonds is 5. The van der Waals surface area contributed by atoms with E-state index in [1.54, 1.807) is 11.3 Å². The van der Waals surface area contributed by atoms with E-state index in [-0.39, 0.29) is 12.3 Å². The molecule has 1 aromatic carbocycles. The molecule has 2 rings (SSSR count). The van der Waals surface area contributed by atoms with Crippen molar-refractivity contribution in [1.29, 1.82) is 0 Å². The minimum Gasteiger partial charge on any atom is -0.324 e. The van der Waals surface area contributed by atoms with Crippen molar-refractivity contribution in [3.05, 3.63) is 34.7 Å². The third-order valence-electron chi connectivity index (χ3n) is 3.21. The first-order chi connectivity index (χ1) is 8.93. The van der Waals surface area contributed by atoms with Gasteiger partial charge in [0.05, 0.1) is 12.3 Å². The third kappa shape index (κ3) is 3.46. The number of thiophene rings is 1. The van der Waals surface area contributed by atoms with Crippen LogP contribution in [0.5, 0.6) is 0 Å². The van der Waals surface area contributed by atoms with Crippen molar-refractivity contribution in [3.8, 4) is 0 Å². The van der Waals surface area contributed by atoms with Crippen LogP contribution >= 0.6 is 18.9 Å². The van der Waals surface area contributed by atoms with E-state index in [2.05, 4.69) is 0 Å². The predicted molar refractivity (Wildman–Crippen MR) is 80.9 cm³/mol. The van der Waals surface area contributed by atoms with Crippen molar-refractivity contribution in [2.75, 3.05) is 0 Å². The second-order valence-corrected chi connectivity index (χ2v) is 7.70. The number of hydrogen-bond acceptors (Lipinski definition) is 3. The molecule has 19 heavy (non-hydrogen) atoms. The van der Waals surface area contributed by atoms with E-state index in [4.69, 9.17) is 4.52 Å². The number of hydrogen-bond donors (Lipinski definition) is 1. The Morgan fingerprint density at radius 3 is 2.74 bits per heavy atom. The molecule has 2 aromatic rings. The molecular formula is C14H19O3PS. The fourth-order valence-corrected chi connectivity index (χ4v) is 5.09. The minimum absolute atomic E-state index is 0.0997. The number of fused-ring (bicyclic) bond motifs is 1. The van der Waals surface area contributed by atoms with Crippen LogP contribution in [0.15, 0.2) is 24.3 Å². The largest absolute Gasteiger partial charge is 0.333 e. The van der Waals surface area contributed by atoms with Crippen LogP contribution in [-0.4, -0.2) is 11.0 Å². The lowest BCUT2D eigenvalue weighted by atomic mass is 10.2. The number of benzene rings is 1. The Hall–Kier alpha value is -0.670. The maximum absolute atomic E-state index is 12.1. The maximum Gasteiger partial charge on any atom is 0.333 e. The number of aryl methyl sites for hydroxylation is 1. The quantitative estimate of drug-likeness (QED) is 0.813. The highest BCUT2D eigenvalue weighted by molar-refractivity contribution is 7.52. The average molecular weight is 298 g/mol. The van der Waals surface area contributed by atoms with Crippen molar-refractivity contribution in [3.63, 3.8) is 0 Å². The molecule has 2 unspecified atom stereocenters. The Kier molecular flexibility index (Phi) is 4.46. The van der Waals surface area contributed by atoms with Crippen LogP contribution < -0.4 is 0 Å². The van der Waals surface area contributed by atoms with Crippen molar-refractivity contribution in [1.82, 2.24) is 0 Å². The molecule has 104 valence electrons. The van der Waals surface area contributed by atoms with Gasteiger partial charge in [0.2, 0.25) is 0 Å². The van der Waals surface area contributed by atoms with Crippen molar-refractivity contribution in [2.24, 2.45) is 0 Å². The molecule has 5 heteroatoms. The molecule has 0 spiro atoms. The molecule has 2 atom stereocenters. The first-order valence-corrected chi connectivity index (χ1v) is 8.98. The highest BCUT2D eigenvalue weighted by atomic mass is 32.1. The molecule has 0 aliphatic rings. The van der Waals surface area contributed by atoms with Gasteiger partial charge >= 0.3 is 7.60 Å². The van der Waals surface area contributed by atoms with Gasteiger partial charge in [0.1, 0.15) is 0 Å². The summed E-state index contributed by atoms with van der Waals surface area (Å²) in [5.41, 5.74) is 1.09. The monoisotopic (exact) mass is 298 g/mol. The highest BCUT2D eigenvalue weighted by Gasteiger charge is 2.25. The lowest BCUT2D eigenvalue weighted by molar-refractivity contribution is 0.185. The van der Waals surface area contributed by atoms with Crippen molar-refractivity contribution in [2.45, 2.75) is 39.5 Å². The first kappa shape index (κ1) is 14.7. The lowest BCUT2D eigenvalue weighted by Crippen LogP contribution is -2.05. The molecule has 3 nitrogen and oxygen atoms in total. The van der Waals surface area contributed by atoms with Gasteiger partial charge in [-0.3, -0.25) is 4.57 Å². The normalized spacial score (nSPS) is 16.4. The van der Waals surface area contributed by atoms with E-state index >= 15 is 0 Å². The SMILES string of the molecule is CCC(C)OP(=O)(O)Cc1sc2ccccc2c1C. The zero-order valence-electron chi connectivity index (χ0n) is 11.4. The smallest absolute Gasteiger partial charge is 0.324 e. The highest BCUT2D eigenvalue weighted by Crippen LogP contribution is 2.50. The summed E-state index contributed by atoms with van der Waals surface area (Å²) in [6.07, 6.45) is 0.642. The molecule has 0 aliphatic carbocycles. The fourth-order valence-electron chi connectivity index (χ4n) is 1.95. The summed E-state index contributed by atoms with van der Waals surface area (Å²) in [7, 11) is -3.56. The van der Waals surface area contributed by atoms with E-state index in [1.165, 1.54) is 0 Å². The molecule has 0 bridgehead atoms. The Morgan fingerprint density at radius 1 is 1.42 bits per heavy atom. The van der Waals surface area contributed by atoms with Crippen LogP contribution in [0.25, 0.3) is 10.1 Å². The molecule has 1 aromatic heterocycles. The Bertz CT molecular complexity index is 620. The lowest BCUT2D eigenvalue weighted by Gasteiger charge is -2.16. The van der Waals surface area contributed by atoms with E-state index in [0.717, 1.165) is 26.9 Å². The summed E-state index contributed by atoms with van der Waals surface area (Å²) in [5.74, 6) is 0. The molecule has 0 aliphatic heterocycles. The van der Waals surface area contributed by atoms with Gasteiger partial charge < -0.3 is 9.42 Å². The van der Waals surface area contributed by atoms with Crippen LogP contribution in [0.4, 0.5) is 0 Å². The average Bonchev–Trinajstić information content (AvgIpc) is 2.65. The second-order valence-electron chi connectivity index (χ2n) is 4.77. The summed E-state index contributed by atoms with van der Waals surface area (Å²) in [6, 6.07) is 8.05. The summed E-state index contributed by atoms with van der Waals surface area (Å²) >= 11 is 1.57. The summed E-state index contributed by atoms with van der Waals surface area (Å²) in [4.78, 5) is 10.9. The van der Waals surface area contributed by atoms with E-state index < -0.39 is 7.60 Å². The predicted octanol–water partition coefficient (Wildman–Crippen LogP) is 4.71.